The molecule has 0 bridgehead atoms. The van der Waals surface area contributed by atoms with Crippen LogP contribution in [0.4, 0.5) is 0 Å². The lowest BCUT2D eigenvalue weighted by molar-refractivity contribution is 0.0628. The van der Waals surface area contributed by atoms with Crippen LogP contribution >= 0.6 is 0 Å². The minimum absolute atomic E-state index is 0.100. The van der Waals surface area contributed by atoms with E-state index in [9.17, 15) is 4.79 Å². The van der Waals surface area contributed by atoms with E-state index >= 15 is 0 Å². The lowest BCUT2D eigenvalue weighted by Crippen LogP contribution is -2.44. The molecule has 0 aliphatic carbocycles. The predicted molar refractivity (Wildman–Crippen MR) is 83.2 cm³/mol. The van der Waals surface area contributed by atoms with Gasteiger partial charge in [-0.2, -0.15) is 0 Å². The first-order chi connectivity index (χ1) is 10.7. The number of carbonyl (C=O) groups is 1. The van der Waals surface area contributed by atoms with Crippen molar-refractivity contribution in [3.05, 3.63) is 58.4 Å². The van der Waals surface area contributed by atoms with Crippen molar-refractivity contribution < 1.29 is 9.53 Å². The van der Waals surface area contributed by atoms with Crippen LogP contribution in [-0.4, -0.2) is 29.4 Å². The Balaban J connectivity index is 1.83. The molecule has 2 aromatic rings. The molecule has 0 saturated carbocycles. The van der Waals surface area contributed by atoms with Gasteiger partial charge in [-0.15, -0.1) is 0 Å². The fourth-order valence-corrected chi connectivity index (χ4v) is 3.66. The van der Waals surface area contributed by atoms with E-state index in [-0.39, 0.29) is 11.9 Å². The summed E-state index contributed by atoms with van der Waals surface area (Å²) in [6.07, 6.45) is 3.44. The standard InChI is InChI=1S/C18H18N2O2/c1-11-8-14-12(9-17(11)22-2)5-7-20-16(14)10-15-13(18(20)21)4-3-6-19-15/h3-4,6,8-9,16H,5,7,10H2,1-2H3. The van der Waals surface area contributed by atoms with Crippen LogP contribution in [0.2, 0.25) is 0 Å². The van der Waals surface area contributed by atoms with Gasteiger partial charge < -0.3 is 9.64 Å². The van der Waals surface area contributed by atoms with Gasteiger partial charge in [-0.25, -0.2) is 0 Å². The Morgan fingerprint density at radius 1 is 1.36 bits per heavy atom. The highest BCUT2D eigenvalue weighted by Gasteiger charge is 2.37. The molecule has 4 nitrogen and oxygen atoms in total. The molecule has 0 saturated heterocycles. The molecule has 112 valence electrons. The SMILES string of the molecule is COc1cc2c(cc1C)C1Cc3ncccc3C(=O)N1CC2. The maximum atomic E-state index is 12.7. The van der Waals surface area contributed by atoms with Crippen LogP contribution in [0.5, 0.6) is 5.75 Å². The summed E-state index contributed by atoms with van der Waals surface area (Å²) in [5, 5.41) is 0. The highest BCUT2D eigenvalue weighted by molar-refractivity contribution is 5.96. The molecule has 4 rings (SSSR count). The minimum atomic E-state index is 0.100. The number of hydrogen-bond acceptors (Lipinski definition) is 3. The Kier molecular flexibility index (Phi) is 2.93. The normalized spacial score (nSPS) is 19.3. The highest BCUT2D eigenvalue weighted by Crippen LogP contribution is 2.39. The fourth-order valence-electron chi connectivity index (χ4n) is 3.66. The Morgan fingerprint density at radius 3 is 3.05 bits per heavy atom. The summed E-state index contributed by atoms with van der Waals surface area (Å²) in [6.45, 7) is 2.81. The molecule has 0 radical (unpaired) electrons. The van der Waals surface area contributed by atoms with E-state index in [4.69, 9.17) is 4.74 Å². The van der Waals surface area contributed by atoms with E-state index in [0.29, 0.717) is 0 Å². The van der Waals surface area contributed by atoms with E-state index in [2.05, 4.69) is 24.0 Å². The van der Waals surface area contributed by atoms with E-state index in [1.807, 2.05) is 17.0 Å². The molecule has 2 aliphatic heterocycles. The van der Waals surface area contributed by atoms with Crippen molar-refractivity contribution in [2.24, 2.45) is 0 Å². The Hall–Kier alpha value is -2.36. The van der Waals surface area contributed by atoms with Crippen LogP contribution in [0.25, 0.3) is 0 Å². The highest BCUT2D eigenvalue weighted by atomic mass is 16.5. The van der Waals surface area contributed by atoms with Crippen molar-refractivity contribution in [2.75, 3.05) is 13.7 Å². The number of aryl methyl sites for hydroxylation is 1. The number of nitrogens with zero attached hydrogens (tertiary/aromatic N) is 2. The van der Waals surface area contributed by atoms with Gasteiger partial charge in [0.15, 0.2) is 0 Å². The van der Waals surface area contributed by atoms with Gasteiger partial charge in [-0.3, -0.25) is 9.78 Å². The zero-order chi connectivity index (χ0) is 15.3. The van der Waals surface area contributed by atoms with Crippen LogP contribution in [0.1, 0.15) is 38.8 Å². The summed E-state index contributed by atoms with van der Waals surface area (Å²) in [5.74, 6) is 1.03. The van der Waals surface area contributed by atoms with E-state index < -0.39 is 0 Å². The van der Waals surface area contributed by atoms with Gasteiger partial charge in [0, 0.05) is 19.2 Å². The predicted octanol–water partition coefficient (Wildman–Crippen LogP) is 2.69. The molecule has 3 heterocycles. The van der Waals surface area contributed by atoms with Crippen molar-refractivity contribution in [1.29, 1.82) is 0 Å². The lowest BCUT2D eigenvalue weighted by atomic mass is 9.84. The van der Waals surface area contributed by atoms with Gasteiger partial charge in [0.1, 0.15) is 5.75 Å². The van der Waals surface area contributed by atoms with Gasteiger partial charge in [-0.05, 0) is 48.2 Å². The molecule has 0 fully saturated rings. The first kappa shape index (κ1) is 13.3. The number of carbonyl (C=O) groups excluding carboxylic acids is 1. The quantitative estimate of drug-likeness (QED) is 0.812. The van der Waals surface area contributed by atoms with E-state index in [1.165, 1.54) is 11.1 Å². The average molecular weight is 294 g/mol. The summed E-state index contributed by atoms with van der Waals surface area (Å²) in [5.41, 5.74) is 5.31. The maximum Gasteiger partial charge on any atom is 0.256 e. The number of ether oxygens (including phenoxy) is 1. The number of rotatable bonds is 1. The molecule has 2 aliphatic rings. The molecular weight excluding hydrogens is 276 g/mol. The van der Waals surface area contributed by atoms with Gasteiger partial charge in [0.2, 0.25) is 0 Å². The second-order valence-electron chi connectivity index (χ2n) is 5.99. The molecule has 0 spiro atoms. The lowest BCUT2D eigenvalue weighted by Gasteiger charge is -2.41. The van der Waals surface area contributed by atoms with Crippen molar-refractivity contribution in [2.45, 2.75) is 25.8 Å². The Bertz CT molecular complexity index is 770. The average Bonchev–Trinajstić information content (AvgIpc) is 2.54. The van der Waals surface area contributed by atoms with Gasteiger partial charge in [0.25, 0.3) is 5.91 Å². The third-order valence-corrected chi connectivity index (χ3v) is 4.78. The first-order valence-corrected chi connectivity index (χ1v) is 7.61. The number of amides is 1. The van der Waals surface area contributed by atoms with Crippen molar-refractivity contribution in [1.82, 2.24) is 9.88 Å². The minimum Gasteiger partial charge on any atom is -0.496 e. The molecule has 1 aromatic carbocycles. The van der Waals surface area contributed by atoms with E-state index in [0.717, 1.165) is 42.0 Å². The molecule has 1 amide bonds. The molecule has 1 aromatic heterocycles. The first-order valence-electron chi connectivity index (χ1n) is 7.61. The van der Waals surface area contributed by atoms with Crippen LogP contribution in [-0.2, 0) is 12.8 Å². The molecular formula is C18H18N2O2. The number of aromatic nitrogens is 1. The summed E-state index contributed by atoms with van der Waals surface area (Å²) >= 11 is 0. The topological polar surface area (TPSA) is 42.4 Å². The largest absolute Gasteiger partial charge is 0.496 e. The summed E-state index contributed by atoms with van der Waals surface area (Å²) in [7, 11) is 1.70. The van der Waals surface area contributed by atoms with Crippen molar-refractivity contribution in [3.63, 3.8) is 0 Å². The van der Waals surface area contributed by atoms with Gasteiger partial charge in [0.05, 0.1) is 24.4 Å². The third-order valence-electron chi connectivity index (χ3n) is 4.78. The van der Waals surface area contributed by atoms with Crippen molar-refractivity contribution in [3.8, 4) is 5.75 Å². The second kappa shape index (κ2) is 4.83. The smallest absolute Gasteiger partial charge is 0.256 e. The molecule has 1 atom stereocenters. The molecule has 1 unspecified atom stereocenters. The number of pyridine rings is 1. The summed E-state index contributed by atoms with van der Waals surface area (Å²) in [6, 6.07) is 8.12. The fraction of sp³-hybridized carbons (Fsp3) is 0.333. The summed E-state index contributed by atoms with van der Waals surface area (Å²) in [4.78, 5) is 19.1. The maximum absolute atomic E-state index is 12.7. The Morgan fingerprint density at radius 2 is 2.23 bits per heavy atom. The number of hydrogen-bond donors (Lipinski definition) is 0. The van der Waals surface area contributed by atoms with Crippen LogP contribution in [0.15, 0.2) is 30.5 Å². The molecule has 22 heavy (non-hydrogen) atoms. The van der Waals surface area contributed by atoms with E-state index in [1.54, 1.807) is 13.3 Å². The zero-order valence-electron chi connectivity index (χ0n) is 12.8. The zero-order valence-corrected chi connectivity index (χ0v) is 12.8. The van der Waals surface area contributed by atoms with Gasteiger partial charge >= 0.3 is 0 Å². The third kappa shape index (κ3) is 1.83. The van der Waals surface area contributed by atoms with Crippen LogP contribution in [0.3, 0.4) is 0 Å². The molecule has 0 N–H and O–H groups in total. The second-order valence-corrected chi connectivity index (χ2v) is 5.99. The number of benzene rings is 1. The molecule has 4 heteroatoms. The summed E-state index contributed by atoms with van der Waals surface area (Å²) < 4.78 is 5.43. The Labute approximate surface area is 129 Å². The monoisotopic (exact) mass is 294 g/mol. The number of fused-ring (bicyclic) bond motifs is 4. The van der Waals surface area contributed by atoms with Crippen molar-refractivity contribution >= 4 is 5.91 Å². The van der Waals surface area contributed by atoms with Crippen LogP contribution < -0.4 is 4.74 Å². The van der Waals surface area contributed by atoms with Crippen LogP contribution in [0, 0.1) is 6.92 Å². The van der Waals surface area contributed by atoms with Gasteiger partial charge in [-0.1, -0.05) is 6.07 Å². The number of methoxy groups -OCH3 is 1.